The van der Waals surface area contributed by atoms with Crippen molar-refractivity contribution in [1.82, 2.24) is 0 Å². The van der Waals surface area contributed by atoms with Crippen LogP contribution < -0.4 is 15.2 Å². The van der Waals surface area contributed by atoms with E-state index >= 15 is 0 Å². The summed E-state index contributed by atoms with van der Waals surface area (Å²) in [5, 5.41) is 0. The van der Waals surface area contributed by atoms with Gasteiger partial charge in [0.1, 0.15) is 11.5 Å². The maximum absolute atomic E-state index is 12.4. The van der Waals surface area contributed by atoms with Gasteiger partial charge in [0, 0.05) is 22.9 Å². The molecule has 0 unspecified atom stereocenters. The van der Waals surface area contributed by atoms with Crippen molar-refractivity contribution in [3.8, 4) is 11.5 Å². The lowest BCUT2D eigenvalue weighted by molar-refractivity contribution is 0.103. The molecule has 0 aromatic heterocycles. The van der Waals surface area contributed by atoms with Crippen molar-refractivity contribution in [2.45, 2.75) is 6.92 Å². The Bertz CT molecular complexity index is 606. The Morgan fingerprint density at radius 2 is 1.75 bits per heavy atom. The van der Waals surface area contributed by atoms with E-state index in [-0.39, 0.29) is 5.78 Å². The lowest BCUT2D eigenvalue weighted by atomic mass is 10.0. The Labute approximate surface area is 118 Å². The van der Waals surface area contributed by atoms with Crippen LogP contribution in [0.25, 0.3) is 0 Å². The summed E-state index contributed by atoms with van der Waals surface area (Å²) >= 11 is 0. The largest absolute Gasteiger partial charge is 0.497 e. The molecule has 0 aliphatic heterocycles. The third-order valence-electron chi connectivity index (χ3n) is 2.93. The van der Waals surface area contributed by atoms with Crippen molar-refractivity contribution in [3.63, 3.8) is 0 Å². The Hall–Kier alpha value is -2.49. The van der Waals surface area contributed by atoms with Gasteiger partial charge in [0.2, 0.25) is 0 Å². The number of carbonyl (C=O) groups excluding carboxylic acids is 1. The number of hydrogen-bond donors (Lipinski definition) is 1. The van der Waals surface area contributed by atoms with Crippen molar-refractivity contribution in [3.05, 3.63) is 53.6 Å². The summed E-state index contributed by atoms with van der Waals surface area (Å²) in [5.41, 5.74) is 7.33. The maximum atomic E-state index is 12.4. The minimum absolute atomic E-state index is 0.117. The predicted octanol–water partition coefficient (Wildman–Crippen LogP) is 2.91. The molecule has 104 valence electrons. The third kappa shape index (κ3) is 2.91. The molecule has 4 nitrogen and oxygen atoms in total. The SMILES string of the molecule is CCOc1ccc(C(=O)c2ccc(OC)cc2N)cc1. The summed E-state index contributed by atoms with van der Waals surface area (Å²) < 4.78 is 10.4. The molecule has 2 N–H and O–H groups in total. The number of methoxy groups -OCH3 is 1. The number of benzene rings is 2. The Balaban J connectivity index is 2.26. The molecular weight excluding hydrogens is 254 g/mol. The molecule has 0 aliphatic rings. The molecule has 0 spiro atoms. The topological polar surface area (TPSA) is 61.5 Å². The molecule has 0 atom stereocenters. The van der Waals surface area contributed by atoms with E-state index in [1.54, 1.807) is 49.6 Å². The molecule has 0 heterocycles. The standard InChI is InChI=1S/C16H17NO3/c1-3-20-12-6-4-11(5-7-12)16(18)14-9-8-13(19-2)10-15(14)17/h4-10H,3,17H2,1-2H3. The number of hydrogen-bond acceptors (Lipinski definition) is 4. The zero-order valence-corrected chi connectivity index (χ0v) is 11.6. The van der Waals surface area contributed by atoms with Gasteiger partial charge in [0.05, 0.1) is 13.7 Å². The van der Waals surface area contributed by atoms with Crippen LogP contribution in [0.1, 0.15) is 22.8 Å². The van der Waals surface area contributed by atoms with E-state index < -0.39 is 0 Å². The van der Waals surface area contributed by atoms with E-state index in [0.29, 0.717) is 29.2 Å². The van der Waals surface area contributed by atoms with E-state index in [2.05, 4.69) is 0 Å². The highest BCUT2D eigenvalue weighted by molar-refractivity contribution is 6.12. The van der Waals surface area contributed by atoms with Crippen molar-refractivity contribution in [2.24, 2.45) is 0 Å². The van der Waals surface area contributed by atoms with Crippen LogP contribution in [0.4, 0.5) is 5.69 Å². The van der Waals surface area contributed by atoms with Crippen LogP contribution in [-0.2, 0) is 0 Å². The van der Waals surface area contributed by atoms with Crippen LogP contribution in [0.15, 0.2) is 42.5 Å². The fourth-order valence-electron chi connectivity index (χ4n) is 1.90. The minimum atomic E-state index is -0.117. The van der Waals surface area contributed by atoms with Crippen LogP contribution in [-0.4, -0.2) is 19.5 Å². The van der Waals surface area contributed by atoms with Crippen LogP contribution in [0.5, 0.6) is 11.5 Å². The molecule has 0 radical (unpaired) electrons. The first-order valence-corrected chi connectivity index (χ1v) is 6.36. The van der Waals surface area contributed by atoms with Crippen molar-refractivity contribution in [1.29, 1.82) is 0 Å². The quantitative estimate of drug-likeness (QED) is 0.671. The van der Waals surface area contributed by atoms with Crippen molar-refractivity contribution < 1.29 is 14.3 Å². The number of rotatable bonds is 5. The molecule has 2 aromatic carbocycles. The average Bonchev–Trinajstić information content (AvgIpc) is 2.47. The van der Waals surface area contributed by atoms with Gasteiger partial charge in [0.25, 0.3) is 0 Å². The lowest BCUT2D eigenvalue weighted by Gasteiger charge is -2.08. The van der Waals surface area contributed by atoms with Crippen LogP contribution in [0.2, 0.25) is 0 Å². The summed E-state index contributed by atoms with van der Waals surface area (Å²) in [6.45, 7) is 2.51. The van der Waals surface area contributed by atoms with Gasteiger partial charge in [-0.25, -0.2) is 0 Å². The number of carbonyl (C=O) groups is 1. The fraction of sp³-hybridized carbons (Fsp3) is 0.188. The van der Waals surface area contributed by atoms with E-state index in [1.165, 1.54) is 0 Å². The van der Waals surface area contributed by atoms with Crippen LogP contribution in [0, 0.1) is 0 Å². The van der Waals surface area contributed by atoms with E-state index in [4.69, 9.17) is 15.2 Å². The first-order valence-electron chi connectivity index (χ1n) is 6.36. The molecule has 0 bridgehead atoms. The van der Waals surface area contributed by atoms with E-state index in [1.807, 2.05) is 6.92 Å². The third-order valence-corrected chi connectivity index (χ3v) is 2.93. The monoisotopic (exact) mass is 271 g/mol. The second-order valence-corrected chi connectivity index (χ2v) is 4.24. The minimum Gasteiger partial charge on any atom is -0.497 e. The van der Waals surface area contributed by atoms with E-state index in [9.17, 15) is 4.79 Å². The molecule has 0 saturated carbocycles. The Kier molecular flexibility index (Phi) is 4.25. The van der Waals surface area contributed by atoms with Gasteiger partial charge in [0.15, 0.2) is 5.78 Å². The molecule has 4 heteroatoms. The van der Waals surface area contributed by atoms with E-state index in [0.717, 1.165) is 5.75 Å². The van der Waals surface area contributed by atoms with Gasteiger partial charge in [-0.15, -0.1) is 0 Å². The zero-order chi connectivity index (χ0) is 14.5. The van der Waals surface area contributed by atoms with Gasteiger partial charge in [-0.05, 0) is 43.3 Å². The number of ether oxygens (including phenoxy) is 2. The highest BCUT2D eigenvalue weighted by Crippen LogP contribution is 2.23. The second-order valence-electron chi connectivity index (χ2n) is 4.24. The van der Waals surface area contributed by atoms with Crippen LogP contribution >= 0.6 is 0 Å². The highest BCUT2D eigenvalue weighted by atomic mass is 16.5. The van der Waals surface area contributed by atoms with Gasteiger partial charge in [-0.1, -0.05) is 0 Å². The first kappa shape index (κ1) is 13.9. The fourth-order valence-corrected chi connectivity index (χ4v) is 1.90. The summed E-state index contributed by atoms with van der Waals surface area (Å²) in [4.78, 5) is 12.4. The molecular formula is C16H17NO3. The summed E-state index contributed by atoms with van der Waals surface area (Å²) in [6.07, 6.45) is 0. The smallest absolute Gasteiger partial charge is 0.195 e. The van der Waals surface area contributed by atoms with Gasteiger partial charge >= 0.3 is 0 Å². The number of nitrogens with two attached hydrogens (primary N) is 1. The second kappa shape index (κ2) is 6.10. The number of anilines is 1. The van der Waals surface area contributed by atoms with Crippen molar-refractivity contribution in [2.75, 3.05) is 19.5 Å². The molecule has 0 aliphatic carbocycles. The first-order chi connectivity index (χ1) is 9.65. The van der Waals surface area contributed by atoms with Crippen LogP contribution in [0.3, 0.4) is 0 Å². The molecule has 20 heavy (non-hydrogen) atoms. The Morgan fingerprint density at radius 3 is 2.30 bits per heavy atom. The lowest BCUT2D eigenvalue weighted by Crippen LogP contribution is -2.05. The zero-order valence-electron chi connectivity index (χ0n) is 11.6. The molecule has 0 amide bonds. The maximum Gasteiger partial charge on any atom is 0.195 e. The molecule has 0 fully saturated rings. The normalized spacial score (nSPS) is 10.1. The van der Waals surface area contributed by atoms with Crippen molar-refractivity contribution >= 4 is 11.5 Å². The Morgan fingerprint density at radius 1 is 1.10 bits per heavy atom. The van der Waals surface area contributed by atoms with Gasteiger partial charge in [-0.2, -0.15) is 0 Å². The number of nitrogen functional groups attached to an aromatic ring is 1. The molecule has 2 rings (SSSR count). The van der Waals surface area contributed by atoms with Gasteiger partial charge < -0.3 is 15.2 Å². The predicted molar refractivity (Wildman–Crippen MR) is 78.4 cm³/mol. The average molecular weight is 271 g/mol. The molecule has 2 aromatic rings. The number of ketones is 1. The summed E-state index contributed by atoms with van der Waals surface area (Å²) in [7, 11) is 1.56. The molecule has 0 saturated heterocycles. The highest BCUT2D eigenvalue weighted by Gasteiger charge is 2.13. The summed E-state index contributed by atoms with van der Waals surface area (Å²) in [6, 6.07) is 12.0. The van der Waals surface area contributed by atoms with Gasteiger partial charge in [-0.3, -0.25) is 4.79 Å². The summed E-state index contributed by atoms with van der Waals surface area (Å²) in [5.74, 6) is 1.26.